The molecule has 18 heavy (non-hydrogen) atoms. The molecular weight excluding hydrogens is 236 g/mol. The van der Waals surface area contributed by atoms with Crippen molar-refractivity contribution in [2.24, 2.45) is 0 Å². The van der Waals surface area contributed by atoms with E-state index >= 15 is 0 Å². The Morgan fingerprint density at radius 2 is 2.33 bits per heavy atom. The first kappa shape index (κ1) is 12.0. The maximum absolute atomic E-state index is 11.1. The minimum absolute atomic E-state index is 0.180. The molecule has 0 bridgehead atoms. The second-order valence-corrected chi connectivity index (χ2v) is 3.39. The first-order valence-corrected chi connectivity index (χ1v) is 5.29. The highest BCUT2D eigenvalue weighted by atomic mass is 16.5. The highest BCUT2D eigenvalue weighted by molar-refractivity contribution is 5.86. The average molecular weight is 248 g/mol. The summed E-state index contributed by atoms with van der Waals surface area (Å²) in [5, 5.41) is 18.2. The molecular formula is C10H12N6O2. The molecule has 0 spiro atoms. The Kier molecular flexibility index (Phi) is 3.79. The highest BCUT2D eigenvalue weighted by Gasteiger charge is 2.07. The van der Waals surface area contributed by atoms with Gasteiger partial charge in [0.2, 0.25) is 0 Å². The third-order valence-corrected chi connectivity index (χ3v) is 2.18. The number of nitrogens with zero attached hydrogens (tertiary/aromatic N) is 5. The van der Waals surface area contributed by atoms with Gasteiger partial charge in [-0.05, 0) is 12.1 Å². The van der Waals surface area contributed by atoms with Crippen molar-refractivity contribution in [1.29, 1.82) is 0 Å². The molecule has 2 heterocycles. The number of methoxy groups -OCH3 is 1. The van der Waals surface area contributed by atoms with E-state index in [2.05, 4.69) is 30.6 Å². The third kappa shape index (κ3) is 3.00. The number of rotatable bonds is 5. The average Bonchev–Trinajstić information content (AvgIpc) is 2.92. The summed E-state index contributed by atoms with van der Waals surface area (Å²) in [6.07, 6.45) is 3.39. The lowest BCUT2D eigenvalue weighted by Crippen LogP contribution is -2.13. The number of anilines is 1. The lowest BCUT2D eigenvalue weighted by atomic mass is 10.4. The van der Waals surface area contributed by atoms with Gasteiger partial charge in [-0.15, -0.1) is 15.3 Å². The van der Waals surface area contributed by atoms with Crippen LogP contribution < -0.4 is 5.32 Å². The molecule has 0 amide bonds. The summed E-state index contributed by atoms with van der Waals surface area (Å²) in [4.78, 5) is 11.1. The van der Waals surface area contributed by atoms with E-state index in [4.69, 9.17) is 0 Å². The van der Waals surface area contributed by atoms with Gasteiger partial charge in [-0.1, -0.05) is 5.21 Å². The lowest BCUT2D eigenvalue weighted by molar-refractivity contribution is 0.0593. The second-order valence-electron chi connectivity index (χ2n) is 3.39. The quantitative estimate of drug-likeness (QED) is 0.742. The maximum Gasteiger partial charge on any atom is 0.358 e. The minimum atomic E-state index is -0.503. The van der Waals surface area contributed by atoms with E-state index in [-0.39, 0.29) is 5.69 Å². The molecule has 0 saturated heterocycles. The van der Waals surface area contributed by atoms with Crippen molar-refractivity contribution < 1.29 is 9.53 Å². The molecule has 0 atom stereocenters. The van der Waals surface area contributed by atoms with Gasteiger partial charge in [0.25, 0.3) is 0 Å². The van der Waals surface area contributed by atoms with Crippen LogP contribution in [-0.2, 0) is 11.3 Å². The van der Waals surface area contributed by atoms with Gasteiger partial charge in [0.05, 0.1) is 19.9 Å². The van der Waals surface area contributed by atoms with Crippen LogP contribution in [0.3, 0.4) is 0 Å². The van der Waals surface area contributed by atoms with Crippen LogP contribution in [0, 0.1) is 0 Å². The number of nitrogens with one attached hydrogen (secondary N) is 1. The first-order valence-electron chi connectivity index (χ1n) is 5.29. The van der Waals surface area contributed by atoms with E-state index < -0.39 is 5.97 Å². The summed E-state index contributed by atoms with van der Waals surface area (Å²) in [5.74, 6) is 0.0828. The van der Waals surface area contributed by atoms with Crippen LogP contribution in [0.1, 0.15) is 10.5 Å². The van der Waals surface area contributed by atoms with E-state index in [1.165, 1.54) is 7.11 Å². The fourth-order valence-electron chi connectivity index (χ4n) is 1.29. The van der Waals surface area contributed by atoms with E-state index in [1.54, 1.807) is 29.2 Å². The third-order valence-electron chi connectivity index (χ3n) is 2.18. The Morgan fingerprint density at radius 1 is 1.44 bits per heavy atom. The van der Waals surface area contributed by atoms with Crippen molar-refractivity contribution in [2.75, 3.05) is 19.0 Å². The van der Waals surface area contributed by atoms with Crippen molar-refractivity contribution in [2.45, 2.75) is 6.54 Å². The topological polar surface area (TPSA) is 94.8 Å². The molecule has 0 aliphatic heterocycles. The van der Waals surface area contributed by atoms with E-state index in [0.29, 0.717) is 18.9 Å². The van der Waals surface area contributed by atoms with Crippen LogP contribution in [0.2, 0.25) is 0 Å². The van der Waals surface area contributed by atoms with E-state index in [9.17, 15) is 4.79 Å². The van der Waals surface area contributed by atoms with E-state index in [1.807, 2.05) is 0 Å². The zero-order valence-electron chi connectivity index (χ0n) is 9.78. The Balaban J connectivity index is 1.85. The van der Waals surface area contributed by atoms with Crippen molar-refractivity contribution in [1.82, 2.24) is 25.2 Å². The molecule has 2 aromatic heterocycles. The van der Waals surface area contributed by atoms with Crippen LogP contribution in [0.4, 0.5) is 5.82 Å². The van der Waals surface area contributed by atoms with Crippen LogP contribution in [0.15, 0.2) is 24.5 Å². The summed E-state index contributed by atoms with van der Waals surface area (Å²) < 4.78 is 6.22. The van der Waals surface area contributed by atoms with Gasteiger partial charge >= 0.3 is 5.97 Å². The van der Waals surface area contributed by atoms with Crippen molar-refractivity contribution in [3.05, 3.63) is 30.2 Å². The van der Waals surface area contributed by atoms with Crippen molar-refractivity contribution in [3.8, 4) is 0 Å². The summed E-state index contributed by atoms with van der Waals surface area (Å²) >= 11 is 0. The number of ether oxygens (including phenoxy) is 1. The summed E-state index contributed by atoms with van der Waals surface area (Å²) in [6.45, 7) is 1.30. The molecule has 0 aliphatic rings. The SMILES string of the molecule is COC(=O)c1ccc(NCCn2ccnn2)nn1. The Hall–Kier alpha value is -2.51. The van der Waals surface area contributed by atoms with Crippen LogP contribution in [0.5, 0.6) is 0 Å². The molecule has 8 nitrogen and oxygen atoms in total. The zero-order valence-corrected chi connectivity index (χ0v) is 9.78. The van der Waals surface area contributed by atoms with Crippen LogP contribution in [-0.4, -0.2) is 44.8 Å². The van der Waals surface area contributed by atoms with Gasteiger partial charge in [-0.25, -0.2) is 4.79 Å². The standard InChI is InChI=1S/C10H12N6O2/c1-18-10(17)8-2-3-9(14-13-8)11-4-6-16-7-5-12-15-16/h2-3,5,7H,4,6H2,1H3,(H,11,14). The van der Waals surface area contributed by atoms with Gasteiger partial charge in [-0.2, -0.15) is 0 Å². The number of esters is 1. The molecule has 0 fully saturated rings. The molecule has 0 saturated carbocycles. The van der Waals surface area contributed by atoms with Gasteiger partial charge < -0.3 is 10.1 Å². The molecule has 0 aromatic carbocycles. The van der Waals surface area contributed by atoms with Gasteiger partial charge in [0.1, 0.15) is 5.82 Å². The first-order chi connectivity index (χ1) is 8.79. The van der Waals surface area contributed by atoms with Crippen molar-refractivity contribution >= 4 is 11.8 Å². The molecule has 1 N–H and O–H groups in total. The zero-order chi connectivity index (χ0) is 12.8. The number of carbonyl (C=O) groups is 1. The van der Waals surface area contributed by atoms with Gasteiger partial charge in [0, 0.05) is 12.7 Å². The summed E-state index contributed by atoms with van der Waals surface area (Å²) in [7, 11) is 1.30. The monoisotopic (exact) mass is 248 g/mol. The Labute approximate surface area is 103 Å². The Bertz CT molecular complexity index is 496. The van der Waals surface area contributed by atoms with Crippen LogP contribution >= 0.6 is 0 Å². The van der Waals surface area contributed by atoms with Crippen LogP contribution in [0.25, 0.3) is 0 Å². The van der Waals surface area contributed by atoms with Crippen molar-refractivity contribution in [3.63, 3.8) is 0 Å². The summed E-state index contributed by atoms with van der Waals surface area (Å²) in [6, 6.07) is 3.22. The summed E-state index contributed by atoms with van der Waals surface area (Å²) in [5.41, 5.74) is 0.180. The number of hydrogen-bond donors (Lipinski definition) is 1. The molecule has 0 radical (unpaired) electrons. The fraction of sp³-hybridized carbons (Fsp3) is 0.300. The fourth-order valence-corrected chi connectivity index (χ4v) is 1.29. The van der Waals surface area contributed by atoms with Gasteiger partial charge in [0.15, 0.2) is 5.69 Å². The molecule has 0 aliphatic carbocycles. The second kappa shape index (κ2) is 5.71. The molecule has 8 heteroatoms. The minimum Gasteiger partial charge on any atom is -0.464 e. The predicted octanol–water partition coefficient (Wildman–Crippen LogP) is -0.0332. The highest BCUT2D eigenvalue weighted by Crippen LogP contribution is 2.02. The number of carbonyl (C=O) groups excluding carboxylic acids is 1. The smallest absolute Gasteiger partial charge is 0.358 e. The molecule has 2 rings (SSSR count). The normalized spacial score (nSPS) is 10.1. The number of aromatic nitrogens is 5. The maximum atomic E-state index is 11.1. The lowest BCUT2D eigenvalue weighted by Gasteiger charge is -2.04. The predicted molar refractivity (Wildman–Crippen MR) is 61.9 cm³/mol. The molecule has 2 aromatic rings. The largest absolute Gasteiger partial charge is 0.464 e. The molecule has 0 unspecified atom stereocenters. The van der Waals surface area contributed by atoms with Gasteiger partial charge in [-0.3, -0.25) is 4.68 Å². The number of hydrogen-bond acceptors (Lipinski definition) is 7. The Morgan fingerprint density at radius 3 is 2.94 bits per heavy atom. The van der Waals surface area contributed by atoms with E-state index in [0.717, 1.165) is 0 Å². The molecule has 94 valence electrons.